The quantitative estimate of drug-likeness (QED) is 0.536. The number of allylic oxidation sites excluding steroid dienone is 1. The fourth-order valence-corrected chi connectivity index (χ4v) is 4.54. The monoisotopic (exact) mass is 290 g/mol. The van der Waals surface area contributed by atoms with Crippen LogP contribution in [0.15, 0.2) is 12.7 Å². The molecule has 2 aliphatic carbocycles. The van der Waals surface area contributed by atoms with Crippen LogP contribution in [-0.4, -0.2) is 19.3 Å². The molecule has 0 bridgehead atoms. The Morgan fingerprint density at radius 2 is 1.29 bits per heavy atom. The summed E-state index contributed by atoms with van der Waals surface area (Å²) in [6.07, 6.45) is 16.4. The third-order valence-corrected chi connectivity index (χ3v) is 5.94. The van der Waals surface area contributed by atoms with Gasteiger partial charge in [-0.3, -0.25) is 0 Å². The Balaban J connectivity index is 1.70. The minimum Gasteiger partial charge on any atom is -0.405 e. The van der Waals surface area contributed by atoms with E-state index in [4.69, 9.17) is 9.31 Å². The first-order valence-electron chi connectivity index (χ1n) is 9.23. The van der Waals surface area contributed by atoms with Gasteiger partial charge in [0.1, 0.15) is 0 Å². The molecular weight excluding hydrogens is 259 g/mol. The molecule has 1 heterocycles. The molecule has 3 rings (SSSR count). The fourth-order valence-electron chi connectivity index (χ4n) is 4.54. The minimum atomic E-state index is -0.0543. The van der Waals surface area contributed by atoms with E-state index in [2.05, 4.69) is 13.5 Å². The van der Waals surface area contributed by atoms with E-state index in [1.807, 2.05) is 6.08 Å². The summed E-state index contributed by atoms with van der Waals surface area (Å²) < 4.78 is 12.9. The van der Waals surface area contributed by atoms with Crippen LogP contribution in [0.2, 0.25) is 5.82 Å². The van der Waals surface area contributed by atoms with Gasteiger partial charge in [-0.15, -0.1) is 6.58 Å². The summed E-state index contributed by atoms with van der Waals surface area (Å²) in [4.78, 5) is 0. The lowest BCUT2D eigenvalue weighted by atomic mass is 9.73. The largest absolute Gasteiger partial charge is 0.464 e. The molecule has 2 saturated carbocycles. The number of hydrogen-bond acceptors (Lipinski definition) is 2. The maximum Gasteiger partial charge on any atom is 0.464 e. The predicted molar refractivity (Wildman–Crippen MR) is 88.3 cm³/mol. The van der Waals surface area contributed by atoms with Crippen molar-refractivity contribution in [1.82, 2.24) is 0 Å². The van der Waals surface area contributed by atoms with Crippen molar-refractivity contribution in [1.29, 1.82) is 0 Å². The van der Waals surface area contributed by atoms with Crippen LogP contribution in [0.3, 0.4) is 0 Å². The SMILES string of the molecule is C=C[C@@H](C)B1O[C@H](C2CCCCC2)[C@@H](C2CCCCC2)O1. The van der Waals surface area contributed by atoms with E-state index in [-0.39, 0.29) is 7.12 Å². The third kappa shape index (κ3) is 3.56. The Bertz CT molecular complexity index is 308. The summed E-state index contributed by atoms with van der Waals surface area (Å²) in [7, 11) is -0.0543. The molecule has 3 fully saturated rings. The summed E-state index contributed by atoms with van der Waals surface area (Å²) in [5.74, 6) is 1.75. The lowest BCUT2D eigenvalue weighted by Gasteiger charge is -2.35. The number of hydrogen-bond donors (Lipinski definition) is 0. The maximum atomic E-state index is 6.43. The van der Waals surface area contributed by atoms with Gasteiger partial charge in [0.2, 0.25) is 0 Å². The molecule has 3 aliphatic rings. The molecular formula is C18H31BO2. The van der Waals surface area contributed by atoms with E-state index in [0.29, 0.717) is 18.0 Å². The van der Waals surface area contributed by atoms with E-state index >= 15 is 0 Å². The van der Waals surface area contributed by atoms with Crippen molar-refractivity contribution in [2.75, 3.05) is 0 Å². The molecule has 0 radical (unpaired) electrons. The zero-order valence-corrected chi connectivity index (χ0v) is 13.6. The first-order valence-corrected chi connectivity index (χ1v) is 9.23. The molecule has 1 saturated heterocycles. The summed E-state index contributed by atoms with van der Waals surface area (Å²) in [6, 6.07) is 0. The molecule has 0 aromatic heterocycles. The summed E-state index contributed by atoms with van der Waals surface area (Å²) in [5, 5.41) is 0. The highest BCUT2D eigenvalue weighted by atomic mass is 16.7. The van der Waals surface area contributed by atoms with E-state index in [9.17, 15) is 0 Å². The summed E-state index contributed by atoms with van der Waals surface area (Å²) >= 11 is 0. The highest BCUT2D eigenvalue weighted by molar-refractivity contribution is 6.47. The topological polar surface area (TPSA) is 18.5 Å². The van der Waals surface area contributed by atoms with Crippen molar-refractivity contribution >= 4 is 7.12 Å². The van der Waals surface area contributed by atoms with Crippen LogP contribution in [0.1, 0.15) is 71.1 Å². The van der Waals surface area contributed by atoms with E-state index in [0.717, 1.165) is 11.8 Å². The molecule has 0 aromatic carbocycles. The van der Waals surface area contributed by atoms with Gasteiger partial charge in [-0.05, 0) is 37.5 Å². The van der Waals surface area contributed by atoms with Crippen molar-refractivity contribution in [3.63, 3.8) is 0 Å². The average molecular weight is 290 g/mol. The maximum absolute atomic E-state index is 6.43. The highest BCUT2D eigenvalue weighted by Gasteiger charge is 2.48. The molecule has 3 atom stereocenters. The molecule has 1 aliphatic heterocycles. The zero-order valence-electron chi connectivity index (χ0n) is 13.6. The molecule has 118 valence electrons. The van der Waals surface area contributed by atoms with Gasteiger partial charge in [0.05, 0.1) is 12.2 Å². The van der Waals surface area contributed by atoms with Gasteiger partial charge in [-0.1, -0.05) is 51.5 Å². The van der Waals surface area contributed by atoms with Crippen LogP contribution < -0.4 is 0 Å². The van der Waals surface area contributed by atoms with Crippen LogP contribution in [0.5, 0.6) is 0 Å². The van der Waals surface area contributed by atoms with E-state index < -0.39 is 0 Å². The van der Waals surface area contributed by atoms with Crippen molar-refractivity contribution < 1.29 is 9.31 Å². The van der Waals surface area contributed by atoms with Gasteiger partial charge >= 0.3 is 7.12 Å². The molecule has 21 heavy (non-hydrogen) atoms. The Labute approximate surface area is 130 Å². The van der Waals surface area contributed by atoms with Gasteiger partial charge in [0.25, 0.3) is 0 Å². The Morgan fingerprint density at radius 3 is 1.67 bits per heavy atom. The Morgan fingerprint density at radius 1 is 0.857 bits per heavy atom. The van der Waals surface area contributed by atoms with E-state index in [1.165, 1.54) is 64.2 Å². The average Bonchev–Trinajstić information content (AvgIpc) is 3.01. The normalized spacial score (nSPS) is 34.0. The van der Waals surface area contributed by atoms with Crippen molar-refractivity contribution in [2.24, 2.45) is 11.8 Å². The molecule has 2 nitrogen and oxygen atoms in total. The lowest BCUT2D eigenvalue weighted by molar-refractivity contribution is 0.0324. The van der Waals surface area contributed by atoms with Crippen molar-refractivity contribution in [3.05, 3.63) is 12.7 Å². The van der Waals surface area contributed by atoms with Crippen molar-refractivity contribution in [2.45, 2.75) is 89.2 Å². The number of rotatable bonds is 4. The molecule has 0 aromatic rings. The minimum absolute atomic E-state index is 0.0543. The van der Waals surface area contributed by atoms with Crippen LogP contribution in [0.4, 0.5) is 0 Å². The van der Waals surface area contributed by atoms with Crippen LogP contribution in [0, 0.1) is 11.8 Å². The molecule has 0 N–H and O–H groups in total. The molecule has 0 amide bonds. The Kier molecular flexibility index (Phi) is 5.45. The van der Waals surface area contributed by atoms with Gasteiger partial charge in [0.15, 0.2) is 0 Å². The second kappa shape index (κ2) is 7.33. The van der Waals surface area contributed by atoms with Gasteiger partial charge in [-0.2, -0.15) is 0 Å². The summed E-state index contributed by atoms with van der Waals surface area (Å²) in [5.41, 5.74) is 0. The third-order valence-electron chi connectivity index (χ3n) is 5.94. The molecule has 3 heteroatoms. The first-order chi connectivity index (χ1) is 10.3. The molecule has 0 spiro atoms. The van der Waals surface area contributed by atoms with Gasteiger partial charge in [-0.25, -0.2) is 0 Å². The van der Waals surface area contributed by atoms with Crippen LogP contribution in [0.25, 0.3) is 0 Å². The van der Waals surface area contributed by atoms with E-state index in [1.54, 1.807) is 0 Å². The molecule has 0 unspecified atom stereocenters. The predicted octanol–water partition coefficient (Wildman–Crippen LogP) is 5.00. The Hall–Kier alpha value is -0.275. The standard InChI is InChI=1S/C18H31BO2/c1-3-14(2)19-20-17(15-10-6-4-7-11-15)18(21-19)16-12-8-5-9-13-16/h3,14-18H,1,4-13H2,2H3/t14-,17-,18-/m1/s1. The smallest absolute Gasteiger partial charge is 0.405 e. The van der Waals surface area contributed by atoms with Gasteiger partial charge in [0, 0.05) is 5.82 Å². The summed E-state index contributed by atoms with van der Waals surface area (Å²) in [6.45, 7) is 6.09. The fraction of sp³-hybridized carbons (Fsp3) is 0.889. The second-order valence-electron chi connectivity index (χ2n) is 7.46. The first kappa shape index (κ1) is 15.6. The second-order valence-corrected chi connectivity index (χ2v) is 7.46. The van der Waals surface area contributed by atoms with Crippen molar-refractivity contribution in [3.8, 4) is 0 Å². The van der Waals surface area contributed by atoms with Crippen LogP contribution >= 0.6 is 0 Å². The highest BCUT2D eigenvalue weighted by Crippen LogP contribution is 2.41. The lowest BCUT2D eigenvalue weighted by Crippen LogP contribution is -2.38. The zero-order chi connectivity index (χ0) is 14.7. The van der Waals surface area contributed by atoms with Crippen LogP contribution in [-0.2, 0) is 9.31 Å². The van der Waals surface area contributed by atoms with Gasteiger partial charge < -0.3 is 9.31 Å².